The molecule has 0 heterocycles. The summed E-state index contributed by atoms with van der Waals surface area (Å²) >= 11 is 6.38. The number of hydrogen-bond donors (Lipinski definition) is 4. The van der Waals surface area contributed by atoms with Gasteiger partial charge in [-0.15, -0.1) is 0 Å². The highest BCUT2D eigenvalue weighted by atomic mass is 35.5. The molecule has 0 bridgehead atoms. The number of aliphatic imine (C=N–C) groups is 1. The molecule has 0 fully saturated rings. The first-order chi connectivity index (χ1) is 18.9. The molecule has 208 valence electrons. The SMILES string of the molecule is CN(C(=O)CN(CC(=O)O)Cc1cccc(C(=O)O)c1)c1ccc(OC(=O)c2ccc(N=C(N)N)cc2)cc1Cl. The summed E-state index contributed by atoms with van der Waals surface area (Å²) in [4.78, 5) is 54.7. The summed E-state index contributed by atoms with van der Waals surface area (Å²) in [5.41, 5.74) is 12.3. The third kappa shape index (κ3) is 8.28. The number of carboxylic acids is 2. The van der Waals surface area contributed by atoms with Crippen molar-refractivity contribution in [2.75, 3.05) is 25.0 Å². The quantitative estimate of drug-likeness (QED) is 0.116. The molecule has 0 atom stereocenters. The van der Waals surface area contributed by atoms with Crippen molar-refractivity contribution in [1.29, 1.82) is 0 Å². The number of rotatable bonds is 11. The largest absolute Gasteiger partial charge is 0.480 e. The van der Waals surface area contributed by atoms with Crippen LogP contribution in [0.4, 0.5) is 11.4 Å². The van der Waals surface area contributed by atoms with Gasteiger partial charge >= 0.3 is 17.9 Å². The first-order valence-corrected chi connectivity index (χ1v) is 12.0. The van der Waals surface area contributed by atoms with E-state index >= 15 is 0 Å². The van der Waals surface area contributed by atoms with Gasteiger partial charge in [0.1, 0.15) is 5.75 Å². The summed E-state index contributed by atoms with van der Waals surface area (Å²) in [5, 5.41) is 18.6. The molecule has 0 spiro atoms. The second kappa shape index (κ2) is 13.2. The van der Waals surface area contributed by atoms with E-state index in [9.17, 15) is 29.4 Å². The number of aliphatic carboxylic acids is 1. The molecule has 0 aliphatic carbocycles. The van der Waals surface area contributed by atoms with Crippen LogP contribution in [0.25, 0.3) is 0 Å². The lowest BCUT2D eigenvalue weighted by Gasteiger charge is -2.25. The number of esters is 1. The van der Waals surface area contributed by atoms with E-state index in [-0.39, 0.29) is 40.9 Å². The topological polar surface area (TPSA) is 189 Å². The van der Waals surface area contributed by atoms with Crippen molar-refractivity contribution in [2.24, 2.45) is 16.5 Å². The van der Waals surface area contributed by atoms with E-state index in [0.29, 0.717) is 16.9 Å². The van der Waals surface area contributed by atoms with Crippen LogP contribution in [0.5, 0.6) is 5.75 Å². The van der Waals surface area contributed by atoms with Crippen molar-refractivity contribution in [3.05, 3.63) is 88.4 Å². The molecule has 0 unspecified atom stereocenters. The minimum atomic E-state index is -1.15. The third-order valence-electron chi connectivity index (χ3n) is 5.52. The number of ether oxygens (including phenoxy) is 1. The zero-order chi connectivity index (χ0) is 29.4. The van der Waals surface area contributed by atoms with Crippen LogP contribution in [0, 0.1) is 0 Å². The van der Waals surface area contributed by atoms with Gasteiger partial charge in [-0.05, 0) is 54.1 Å². The van der Waals surface area contributed by atoms with E-state index in [1.165, 1.54) is 59.3 Å². The number of nitrogens with zero attached hydrogens (tertiary/aromatic N) is 3. The van der Waals surface area contributed by atoms with Gasteiger partial charge in [0.05, 0.1) is 40.6 Å². The van der Waals surface area contributed by atoms with Crippen LogP contribution < -0.4 is 21.1 Å². The van der Waals surface area contributed by atoms with E-state index in [0.717, 1.165) is 0 Å². The normalized spacial score (nSPS) is 10.6. The summed E-state index contributed by atoms with van der Waals surface area (Å²) in [7, 11) is 1.47. The van der Waals surface area contributed by atoms with Crippen molar-refractivity contribution in [2.45, 2.75) is 6.54 Å². The minimum absolute atomic E-state index is 0.0303. The molecule has 0 saturated heterocycles. The van der Waals surface area contributed by atoms with Crippen LogP contribution >= 0.6 is 11.6 Å². The van der Waals surface area contributed by atoms with E-state index in [2.05, 4.69) is 4.99 Å². The van der Waals surface area contributed by atoms with Gasteiger partial charge in [0, 0.05) is 19.7 Å². The molecule has 6 N–H and O–H groups in total. The van der Waals surface area contributed by atoms with Gasteiger partial charge < -0.3 is 31.3 Å². The van der Waals surface area contributed by atoms with Crippen LogP contribution in [0.3, 0.4) is 0 Å². The molecule has 13 heteroatoms. The number of aromatic carboxylic acids is 1. The number of anilines is 1. The van der Waals surface area contributed by atoms with Crippen LogP contribution in [-0.4, -0.2) is 65.0 Å². The fraction of sp³-hybridized carbons (Fsp3) is 0.148. The number of carbonyl (C=O) groups excluding carboxylic acids is 2. The van der Waals surface area contributed by atoms with Gasteiger partial charge in [-0.2, -0.15) is 0 Å². The van der Waals surface area contributed by atoms with Gasteiger partial charge in [0.15, 0.2) is 5.96 Å². The Bertz CT molecular complexity index is 1460. The number of amides is 1. The Hall–Kier alpha value is -4.94. The van der Waals surface area contributed by atoms with E-state index in [1.54, 1.807) is 24.3 Å². The maximum Gasteiger partial charge on any atom is 0.343 e. The van der Waals surface area contributed by atoms with Crippen molar-refractivity contribution in [1.82, 2.24) is 4.90 Å². The highest BCUT2D eigenvalue weighted by molar-refractivity contribution is 6.34. The number of hydrogen-bond acceptors (Lipinski definition) is 7. The van der Waals surface area contributed by atoms with E-state index in [1.807, 2.05) is 0 Å². The van der Waals surface area contributed by atoms with Crippen molar-refractivity contribution >= 4 is 52.8 Å². The van der Waals surface area contributed by atoms with Crippen molar-refractivity contribution < 1.29 is 34.1 Å². The first-order valence-electron chi connectivity index (χ1n) is 11.7. The summed E-state index contributed by atoms with van der Waals surface area (Å²) in [5.74, 6) is -3.37. The number of nitrogens with two attached hydrogens (primary N) is 2. The molecule has 40 heavy (non-hydrogen) atoms. The van der Waals surface area contributed by atoms with Crippen LogP contribution in [0.1, 0.15) is 26.3 Å². The number of likely N-dealkylation sites (N-methyl/N-ethyl adjacent to an activating group) is 1. The molecule has 0 radical (unpaired) electrons. The predicted molar refractivity (Wildman–Crippen MR) is 148 cm³/mol. The second-order valence-corrected chi connectivity index (χ2v) is 8.99. The highest BCUT2D eigenvalue weighted by Gasteiger charge is 2.21. The van der Waals surface area contributed by atoms with Crippen LogP contribution in [0.2, 0.25) is 5.02 Å². The average molecular weight is 568 g/mol. The maximum absolute atomic E-state index is 13.0. The summed E-state index contributed by atoms with van der Waals surface area (Å²) in [6.45, 7) is -0.710. The zero-order valence-corrected chi connectivity index (χ0v) is 22.0. The molecule has 0 aromatic heterocycles. The Morgan fingerprint density at radius 2 is 1.62 bits per heavy atom. The average Bonchev–Trinajstić information content (AvgIpc) is 2.88. The fourth-order valence-corrected chi connectivity index (χ4v) is 3.96. The van der Waals surface area contributed by atoms with Gasteiger partial charge in [0.25, 0.3) is 0 Å². The monoisotopic (exact) mass is 567 g/mol. The Kier molecular flexibility index (Phi) is 9.79. The Morgan fingerprint density at radius 1 is 0.925 bits per heavy atom. The molecular formula is C27H26ClN5O7. The molecule has 0 aliphatic rings. The molecule has 3 aromatic carbocycles. The van der Waals surface area contributed by atoms with Gasteiger partial charge in [-0.1, -0.05) is 23.7 Å². The third-order valence-corrected chi connectivity index (χ3v) is 5.83. The molecule has 3 rings (SSSR count). The molecule has 3 aromatic rings. The van der Waals surface area contributed by atoms with Crippen LogP contribution in [0.15, 0.2) is 71.7 Å². The highest BCUT2D eigenvalue weighted by Crippen LogP contribution is 2.30. The number of halogens is 1. The van der Waals surface area contributed by atoms with Crippen molar-refractivity contribution in [3.8, 4) is 5.75 Å². The lowest BCUT2D eigenvalue weighted by molar-refractivity contribution is -0.138. The fourth-order valence-electron chi connectivity index (χ4n) is 3.66. The number of carboxylic acid groups (broad SMARTS) is 2. The van der Waals surface area contributed by atoms with Gasteiger partial charge in [-0.25, -0.2) is 14.6 Å². The Balaban J connectivity index is 1.69. The standard InChI is InChI=1S/C27H26ClN5O7/c1-32(23(34)14-33(15-24(35)36)13-16-3-2-4-18(11-16)25(37)38)22-10-9-20(12-21(22)28)40-26(39)17-5-7-19(8-6-17)31-27(29)30/h2-12H,13-15H2,1H3,(H,35,36)(H,37,38)(H4,29,30,31). The molecule has 12 nitrogen and oxygen atoms in total. The van der Waals surface area contributed by atoms with Crippen LogP contribution in [-0.2, 0) is 16.1 Å². The lowest BCUT2D eigenvalue weighted by Crippen LogP contribution is -2.40. The Morgan fingerprint density at radius 3 is 2.23 bits per heavy atom. The molecule has 0 aliphatic heterocycles. The van der Waals surface area contributed by atoms with Gasteiger partial charge in [0.2, 0.25) is 5.91 Å². The second-order valence-electron chi connectivity index (χ2n) is 8.58. The number of guanidine groups is 1. The minimum Gasteiger partial charge on any atom is -0.480 e. The first kappa shape index (κ1) is 29.6. The van der Waals surface area contributed by atoms with Crippen molar-refractivity contribution in [3.63, 3.8) is 0 Å². The number of benzene rings is 3. The maximum atomic E-state index is 13.0. The molecule has 1 amide bonds. The van der Waals surface area contributed by atoms with E-state index in [4.69, 9.17) is 27.8 Å². The molecule has 0 saturated carbocycles. The lowest BCUT2D eigenvalue weighted by atomic mass is 10.1. The summed E-state index contributed by atoms with van der Waals surface area (Å²) < 4.78 is 5.37. The zero-order valence-electron chi connectivity index (χ0n) is 21.3. The molecular weight excluding hydrogens is 542 g/mol. The van der Waals surface area contributed by atoms with E-state index < -0.39 is 30.4 Å². The van der Waals surface area contributed by atoms with Gasteiger partial charge in [-0.3, -0.25) is 14.5 Å². The summed E-state index contributed by atoms with van der Waals surface area (Å²) in [6.07, 6.45) is 0. The summed E-state index contributed by atoms with van der Waals surface area (Å²) in [6, 6.07) is 16.4. The number of carbonyl (C=O) groups is 4. The smallest absolute Gasteiger partial charge is 0.343 e. The Labute approximate surface area is 234 Å². The predicted octanol–water partition coefficient (Wildman–Crippen LogP) is 2.71.